The Labute approximate surface area is 154 Å². The zero-order valence-corrected chi connectivity index (χ0v) is 16.0. The molecule has 1 aliphatic heterocycles. The number of thioether (sulfide) groups is 1. The number of hydrogen-bond donors (Lipinski definition) is 0. The molecule has 1 aromatic carbocycles. The molecule has 3 rings (SSSR count). The molecule has 0 N–H and O–H groups in total. The Balaban J connectivity index is 1.37. The van der Waals surface area contributed by atoms with Crippen molar-refractivity contribution in [3.8, 4) is 0 Å². The Morgan fingerprint density at radius 1 is 1.12 bits per heavy atom. The van der Waals surface area contributed by atoms with E-state index in [0.717, 1.165) is 31.0 Å². The van der Waals surface area contributed by atoms with Gasteiger partial charge in [-0.15, -0.1) is 10.2 Å². The number of nitrogens with zero attached hydrogens (tertiary/aromatic N) is 4. The van der Waals surface area contributed by atoms with Crippen LogP contribution in [0, 0.1) is 0 Å². The van der Waals surface area contributed by atoms with Crippen molar-refractivity contribution in [1.82, 2.24) is 20.0 Å². The minimum Gasteiger partial charge on any atom is -0.416 e. The first-order valence-corrected chi connectivity index (χ1v) is 10.1. The fourth-order valence-electron chi connectivity index (χ4n) is 3.06. The highest BCUT2D eigenvalue weighted by Crippen LogP contribution is 2.22. The molecule has 0 unspecified atom stereocenters. The molecule has 1 aromatic heterocycles. The van der Waals surface area contributed by atoms with E-state index in [1.807, 2.05) is 6.07 Å². The normalized spacial score (nSPS) is 17.7. The van der Waals surface area contributed by atoms with Crippen LogP contribution in [0.25, 0.3) is 0 Å². The molecule has 136 valence electrons. The molecule has 1 fully saturated rings. The van der Waals surface area contributed by atoms with Crippen LogP contribution in [0.5, 0.6) is 0 Å². The minimum atomic E-state index is 0.386. The van der Waals surface area contributed by atoms with Gasteiger partial charge in [0, 0.05) is 38.4 Å². The molecule has 25 heavy (non-hydrogen) atoms. The molecule has 0 saturated carbocycles. The van der Waals surface area contributed by atoms with Crippen molar-refractivity contribution < 1.29 is 4.42 Å². The van der Waals surface area contributed by atoms with E-state index in [2.05, 4.69) is 58.2 Å². The van der Waals surface area contributed by atoms with Crippen molar-refractivity contribution in [2.45, 2.75) is 30.9 Å². The standard InChI is InChI=1S/C19H28N4OS/c1-16(17-7-4-3-5-8-17)15-18-20-21-19(24-18)25-14-6-9-23-12-10-22(2)11-13-23/h3-5,7-8,16H,6,9-15H2,1-2H3/t16-/m1/s1. The lowest BCUT2D eigenvalue weighted by Crippen LogP contribution is -2.44. The van der Waals surface area contributed by atoms with Crippen LogP contribution in [0.4, 0.5) is 0 Å². The summed E-state index contributed by atoms with van der Waals surface area (Å²) < 4.78 is 5.80. The molecule has 0 aliphatic carbocycles. The fourth-order valence-corrected chi connectivity index (χ4v) is 3.76. The minimum absolute atomic E-state index is 0.386. The molecule has 5 nitrogen and oxygen atoms in total. The Morgan fingerprint density at radius 2 is 1.88 bits per heavy atom. The van der Waals surface area contributed by atoms with Crippen LogP contribution in [0.3, 0.4) is 0 Å². The number of aromatic nitrogens is 2. The second-order valence-corrected chi connectivity index (χ2v) is 7.87. The first-order valence-electron chi connectivity index (χ1n) is 9.12. The molecular weight excluding hydrogens is 332 g/mol. The van der Waals surface area contributed by atoms with Crippen molar-refractivity contribution in [2.24, 2.45) is 0 Å². The fraction of sp³-hybridized carbons (Fsp3) is 0.579. The lowest BCUT2D eigenvalue weighted by Gasteiger charge is -2.32. The Hall–Kier alpha value is -1.37. The van der Waals surface area contributed by atoms with Crippen molar-refractivity contribution in [2.75, 3.05) is 45.5 Å². The van der Waals surface area contributed by atoms with Gasteiger partial charge in [-0.3, -0.25) is 0 Å². The summed E-state index contributed by atoms with van der Waals surface area (Å²) in [7, 11) is 2.19. The molecule has 1 aliphatic rings. The van der Waals surface area contributed by atoms with Gasteiger partial charge < -0.3 is 14.2 Å². The van der Waals surface area contributed by atoms with Gasteiger partial charge in [0.1, 0.15) is 0 Å². The van der Waals surface area contributed by atoms with Gasteiger partial charge in [-0.2, -0.15) is 0 Å². The van der Waals surface area contributed by atoms with E-state index in [-0.39, 0.29) is 0 Å². The largest absolute Gasteiger partial charge is 0.416 e. The SMILES string of the molecule is C[C@H](Cc1nnc(SCCCN2CCN(C)CC2)o1)c1ccccc1. The quantitative estimate of drug-likeness (QED) is 0.532. The number of likely N-dealkylation sites (N-methyl/N-ethyl adjacent to an activating group) is 1. The second-order valence-electron chi connectivity index (χ2n) is 6.82. The second kappa shape index (κ2) is 9.36. The summed E-state index contributed by atoms with van der Waals surface area (Å²) in [6.45, 7) is 8.08. The third-order valence-electron chi connectivity index (χ3n) is 4.74. The van der Waals surface area contributed by atoms with Crippen LogP contribution in [0.2, 0.25) is 0 Å². The van der Waals surface area contributed by atoms with Crippen LogP contribution in [-0.2, 0) is 6.42 Å². The third-order valence-corrected chi connectivity index (χ3v) is 5.64. The van der Waals surface area contributed by atoms with Crippen LogP contribution in [0.1, 0.15) is 30.7 Å². The van der Waals surface area contributed by atoms with E-state index >= 15 is 0 Å². The summed E-state index contributed by atoms with van der Waals surface area (Å²) >= 11 is 1.68. The van der Waals surface area contributed by atoms with Crippen LogP contribution in [0.15, 0.2) is 40.0 Å². The van der Waals surface area contributed by atoms with Crippen molar-refractivity contribution in [3.05, 3.63) is 41.8 Å². The van der Waals surface area contributed by atoms with Crippen molar-refractivity contribution in [3.63, 3.8) is 0 Å². The highest BCUT2D eigenvalue weighted by atomic mass is 32.2. The van der Waals surface area contributed by atoms with Gasteiger partial charge in [0.05, 0.1) is 0 Å². The maximum Gasteiger partial charge on any atom is 0.276 e. The predicted octanol–water partition coefficient (Wildman–Crippen LogP) is 3.15. The van der Waals surface area contributed by atoms with Gasteiger partial charge in [0.2, 0.25) is 5.89 Å². The van der Waals surface area contributed by atoms with Crippen LogP contribution in [-0.4, -0.2) is 65.5 Å². The topological polar surface area (TPSA) is 45.4 Å². The van der Waals surface area contributed by atoms with Crippen molar-refractivity contribution in [1.29, 1.82) is 0 Å². The highest BCUT2D eigenvalue weighted by Gasteiger charge is 2.14. The lowest BCUT2D eigenvalue weighted by atomic mass is 9.98. The number of piperazine rings is 1. The first-order chi connectivity index (χ1) is 12.2. The average molecular weight is 361 g/mol. The zero-order chi connectivity index (χ0) is 17.5. The maximum absolute atomic E-state index is 5.80. The molecule has 1 saturated heterocycles. The van der Waals surface area contributed by atoms with Gasteiger partial charge >= 0.3 is 0 Å². The summed E-state index contributed by atoms with van der Waals surface area (Å²) in [5, 5.41) is 9.09. The van der Waals surface area contributed by atoms with Crippen LogP contribution < -0.4 is 0 Å². The Bertz CT molecular complexity index is 625. The predicted molar refractivity (Wildman–Crippen MR) is 102 cm³/mol. The van der Waals surface area contributed by atoms with E-state index in [4.69, 9.17) is 4.42 Å². The van der Waals surface area contributed by atoms with E-state index in [9.17, 15) is 0 Å². The monoisotopic (exact) mass is 360 g/mol. The van der Waals surface area contributed by atoms with E-state index in [1.165, 1.54) is 31.7 Å². The summed E-state index contributed by atoms with van der Waals surface area (Å²) in [5.41, 5.74) is 1.31. The highest BCUT2D eigenvalue weighted by molar-refractivity contribution is 7.99. The summed E-state index contributed by atoms with van der Waals surface area (Å²) in [5.74, 6) is 2.15. The smallest absolute Gasteiger partial charge is 0.276 e. The average Bonchev–Trinajstić information content (AvgIpc) is 3.08. The summed E-state index contributed by atoms with van der Waals surface area (Å²) in [6.07, 6.45) is 1.95. The van der Waals surface area contributed by atoms with Gasteiger partial charge in [-0.1, -0.05) is 49.0 Å². The lowest BCUT2D eigenvalue weighted by molar-refractivity contribution is 0.154. The van der Waals surface area contributed by atoms with Crippen LogP contribution >= 0.6 is 11.8 Å². The molecule has 2 aromatic rings. The Morgan fingerprint density at radius 3 is 2.64 bits per heavy atom. The third kappa shape index (κ3) is 5.83. The number of benzene rings is 1. The Kier molecular flexibility index (Phi) is 6.90. The molecular formula is C19H28N4OS. The summed E-state index contributed by atoms with van der Waals surface area (Å²) in [6, 6.07) is 10.5. The van der Waals surface area contributed by atoms with Crippen molar-refractivity contribution >= 4 is 11.8 Å². The molecule has 0 amide bonds. The molecule has 6 heteroatoms. The zero-order valence-electron chi connectivity index (χ0n) is 15.2. The molecule has 1 atom stereocenters. The molecule has 0 radical (unpaired) electrons. The summed E-state index contributed by atoms with van der Waals surface area (Å²) in [4.78, 5) is 4.93. The number of hydrogen-bond acceptors (Lipinski definition) is 6. The molecule has 2 heterocycles. The van der Waals surface area contributed by atoms with Gasteiger partial charge in [0.25, 0.3) is 5.22 Å². The first kappa shape index (κ1) is 18.4. The number of rotatable bonds is 8. The van der Waals surface area contributed by atoms with E-state index in [1.54, 1.807) is 11.8 Å². The van der Waals surface area contributed by atoms with Gasteiger partial charge in [-0.05, 0) is 31.5 Å². The molecule has 0 spiro atoms. The van der Waals surface area contributed by atoms with Gasteiger partial charge in [-0.25, -0.2) is 0 Å². The van der Waals surface area contributed by atoms with E-state index in [0.29, 0.717) is 11.1 Å². The van der Waals surface area contributed by atoms with Gasteiger partial charge in [0.15, 0.2) is 0 Å². The maximum atomic E-state index is 5.80. The van der Waals surface area contributed by atoms with E-state index < -0.39 is 0 Å². The molecule has 0 bridgehead atoms.